The van der Waals surface area contributed by atoms with Crippen molar-refractivity contribution in [2.45, 2.75) is 39.8 Å². The van der Waals surface area contributed by atoms with Crippen molar-refractivity contribution in [3.8, 4) is 5.69 Å². The number of aromatic nitrogens is 4. The van der Waals surface area contributed by atoms with Crippen molar-refractivity contribution in [2.75, 3.05) is 0 Å². The highest BCUT2D eigenvalue weighted by Gasteiger charge is 2.14. The van der Waals surface area contributed by atoms with E-state index in [1.807, 2.05) is 25.1 Å². The molecule has 0 aliphatic carbocycles. The third kappa shape index (κ3) is 3.52. The van der Waals surface area contributed by atoms with Crippen molar-refractivity contribution in [1.29, 1.82) is 0 Å². The molecule has 0 amide bonds. The number of aryl methyl sites for hydroxylation is 1. The van der Waals surface area contributed by atoms with Gasteiger partial charge in [0.2, 0.25) is 0 Å². The molecule has 0 unspecified atom stereocenters. The van der Waals surface area contributed by atoms with Gasteiger partial charge >= 0.3 is 0 Å². The lowest BCUT2D eigenvalue weighted by molar-refractivity contribution is 0.415. The molecule has 2 aromatic rings. The third-order valence-corrected chi connectivity index (χ3v) is 2.95. The number of nitrogens with one attached hydrogen (secondary N) is 1. The van der Waals surface area contributed by atoms with Gasteiger partial charge in [0.15, 0.2) is 5.82 Å². The molecule has 0 atom stereocenters. The van der Waals surface area contributed by atoms with E-state index in [0.717, 1.165) is 17.1 Å². The van der Waals surface area contributed by atoms with E-state index in [1.54, 1.807) is 4.68 Å². The minimum atomic E-state index is 0.00779. The number of rotatable bonds is 3. The van der Waals surface area contributed by atoms with Gasteiger partial charge in [0, 0.05) is 5.54 Å². The summed E-state index contributed by atoms with van der Waals surface area (Å²) in [6.07, 6.45) is 0. The van der Waals surface area contributed by atoms with Gasteiger partial charge in [-0.1, -0.05) is 17.7 Å². The molecule has 5 nitrogen and oxygen atoms in total. The maximum atomic E-state index is 6.25. The van der Waals surface area contributed by atoms with Crippen molar-refractivity contribution in [3.63, 3.8) is 0 Å². The fraction of sp³-hybridized carbons (Fsp3) is 0.462. The van der Waals surface area contributed by atoms with Gasteiger partial charge in [0.1, 0.15) is 0 Å². The zero-order valence-electron chi connectivity index (χ0n) is 11.6. The van der Waals surface area contributed by atoms with Crippen LogP contribution in [0, 0.1) is 6.92 Å². The minimum Gasteiger partial charge on any atom is -0.305 e. The SMILES string of the molecule is Cc1ccc(-n2nnnc2CNC(C)(C)C)c(Cl)c1. The lowest BCUT2D eigenvalue weighted by Crippen LogP contribution is -2.35. The molecule has 1 aromatic carbocycles. The van der Waals surface area contributed by atoms with Gasteiger partial charge in [0.25, 0.3) is 0 Å². The van der Waals surface area contributed by atoms with Gasteiger partial charge in [-0.25, -0.2) is 0 Å². The first-order valence-corrected chi connectivity index (χ1v) is 6.53. The first-order chi connectivity index (χ1) is 8.87. The summed E-state index contributed by atoms with van der Waals surface area (Å²) in [4.78, 5) is 0. The Balaban J connectivity index is 2.28. The number of tetrazole rings is 1. The first-order valence-electron chi connectivity index (χ1n) is 6.15. The molecule has 19 heavy (non-hydrogen) atoms. The number of nitrogens with zero attached hydrogens (tertiary/aromatic N) is 4. The zero-order chi connectivity index (χ0) is 14.0. The molecule has 1 heterocycles. The summed E-state index contributed by atoms with van der Waals surface area (Å²) in [6, 6.07) is 5.82. The van der Waals surface area contributed by atoms with Crippen molar-refractivity contribution in [1.82, 2.24) is 25.5 Å². The van der Waals surface area contributed by atoms with Crippen LogP contribution in [0.15, 0.2) is 18.2 Å². The fourth-order valence-corrected chi connectivity index (χ4v) is 1.95. The van der Waals surface area contributed by atoms with Crippen LogP contribution in [0.4, 0.5) is 0 Å². The van der Waals surface area contributed by atoms with Crippen molar-refractivity contribution < 1.29 is 0 Å². The highest BCUT2D eigenvalue weighted by atomic mass is 35.5. The van der Waals surface area contributed by atoms with E-state index in [2.05, 4.69) is 41.6 Å². The first kappa shape index (κ1) is 14.0. The predicted octanol–water partition coefficient (Wildman–Crippen LogP) is 2.51. The summed E-state index contributed by atoms with van der Waals surface area (Å²) in [7, 11) is 0. The molecule has 0 aliphatic rings. The van der Waals surface area contributed by atoms with Crippen LogP contribution in [0.2, 0.25) is 5.02 Å². The quantitative estimate of drug-likeness (QED) is 0.938. The maximum absolute atomic E-state index is 6.25. The summed E-state index contributed by atoms with van der Waals surface area (Å²) in [5, 5.41) is 15.8. The monoisotopic (exact) mass is 279 g/mol. The van der Waals surface area contributed by atoms with Crippen LogP contribution >= 0.6 is 11.6 Å². The molecular weight excluding hydrogens is 262 g/mol. The van der Waals surface area contributed by atoms with E-state index in [9.17, 15) is 0 Å². The largest absolute Gasteiger partial charge is 0.305 e. The number of hydrogen-bond acceptors (Lipinski definition) is 4. The Bertz CT molecular complexity index is 571. The molecule has 0 spiro atoms. The van der Waals surface area contributed by atoms with Gasteiger partial charge in [-0.15, -0.1) is 5.10 Å². The molecule has 0 fully saturated rings. The Labute approximate surface area is 118 Å². The molecular formula is C13H18ClN5. The number of benzene rings is 1. The Hall–Kier alpha value is -1.46. The second-order valence-corrected chi connectivity index (χ2v) is 5.97. The minimum absolute atomic E-state index is 0.00779. The van der Waals surface area contributed by atoms with Crippen molar-refractivity contribution >= 4 is 11.6 Å². The van der Waals surface area contributed by atoms with Gasteiger partial charge in [-0.05, 0) is 55.8 Å². The molecule has 1 N–H and O–H groups in total. The number of halogens is 1. The molecule has 0 aliphatic heterocycles. The highest BCUT2D eigenvalue weighted by Crippen LogP contribution is 2.21. The normalized spacial score (nSPS) is 11.8. The lowest BCUT2D eigenvalue weighted by atomic mass is 10.1. The smallest absolute Gasteiger partial charge is 0.170 e. The van der Waals surface area contributed by atoms with E-state index in [4.69, 9.17) is 11.6 Å². The van der Waals surface area contributed by atoms with Crippen LogP contribution in [-0.4, -0.2) is 25.7 Å². The Kier molecular flexibility index (Phi) is 3.87. The van der Waals surface area contributed by atoms with Crippen LogP contribution in [0.1, 0.15) is 32.2 Å². The molecule has 6 heteroatoms. The standard InChI is InChI=1S/C13H18ClN5/c1-9-5-6-11(10(14)7-9)19-12(16-17-18-19)8-15-13(2,3)4/h5-7,15H,8H2,1-4H3. The van der Waals surface area contributed by atoms with Gasteiger partial charge in [-0.2, -0.15) is 4.68 Å². The Morgan fingerprint density at radius 1 is 1.32 bits per heavy atom. The molecule has 0 saturated heterocycles. The van der Waals surface area contributed by atoms with E-state index >= 15 is 0 Å². The fourth-order valence-electron chi connectivity index (χ4n) is 1.63. The summed E-state index contributed by atoms with van der Waals surface area (Å²) >= 11 is 6.25. The molecule has 0 radical (unpaired) electrons. The van der Waals surface area contributed by atoms with E-state index in [-0.39, 0.29) is 5.54 Å². The second kappa shape index (κ2) is 5.27. The van der Waals surface area contributed by atoms with Crippen LogP contribution in [0.5, 0.6) is 0 Å². The van der Waals surface area contributed by atoms with Gasteiger partial charge in [-0.3, -0.25) is 0 Å². The summed E-state index contributed by atoms with van der Waals surface area (Å²) in [5.74, 6) is 0.737. The summed E-state index contributed by atoms with van der Waals surface area (Å²) in [6.45, 7) is 8.87. The molecule has 0 saturated carbocycles. The van der Waals surface area contributed by atoms with E-state index in [1.165, 1.54) is 0 Å². The summed E-state index contributed by atoms with van der Waals surface area (Å²) < 4.78 is 1.67. The molecule has 0 bridgehead atoms. The lowest BCUT2D eigenvalue weighted by Gasteiger charge is -2.20. The molecule has 102 valence electrons. The topological polar surface area (TPSA) is 55.6 Å². The van der Waals surface area contributed by atoms with Gasteiger partial charge in [0.05, 0.1) is 17.3 Å². The van der Waals surface area contributed by atoms with E-state index in [0.29, 0.717) is 11.6 Å². The second-order valence-electron chi connectivity index (χ2n) is 5.57. The molecule has 1 aromatic heterocycles. The van der Waals surface area contributed by atoms with Crippen LogP contribution in [0.25, 0.3) is 5.69 Å². The zero-order valence-corrected chi connectivity index (χ0v) is 12.4. The van der Waals surface area contributed by atoms with Crippen LogP contribution < -0.4 is 5.32 Å². The average Bonchev–Trinajstić information content (AvgIpc) is 2.73. The third-order valence-electron chi connectivity index (χ3n) is 2.64. The predicted molar refractivity (Wildman–Crippen MR) is 75.5 cm³/mol. The summed E-state index contributed by atoms with van der Waals surface area (Å²) in [5.41, 5.74) is 1.91. The Morgan fingerprint density at radius 2 is 2.05 bits per heavy atom. The van der Waals surface area contributed by atoms with E-state index < -0.39 is 0 Å². The van der Waals surface area contributed by atoms with Crippen LogP contribution in [0.3, 0.4) is 0 Å². The number of hydrogen-bond donors (Lipinski definition) is 1. The van der Waals surface area contributed by atoms with Crippen LogP contribution in [-0.2, 0) is 6.54 Å². The highest BCUT2D eigenvalue weighted by molar-refractivity contribution is 6.32. The Morgan fingerprint density at radius 3 is 2.68 bits per heavy atom. The molecule has 2 rings (SSSR count). The maximum Gasteiger partial charge on any atom is 0.170 e. The average molecular weight is 280 g/mol. The van der Waals surface area contributed by atoms with Gasteiger partial charge < -0.3 is 5.32 Å². The van der Waals surface area contributed by atoms with Crippen molar-refractivity contribution in [3.05, 3.63) is 34.6 Å². The van der Waals surface area contributed by atoms with Crippen molar-refractivity contribution in [2.24, 2.45) is 0 Å².